The van der Waals surface area contributed by atoms with Crippen LogP contribution >= 0.6 is 0 Å². The summed E-state index contributed by atoms with van der Waals surface area (Å²) in [5.41, 5.74) is 0.246. The topological polar surface area (TPSA) is 143 Å². The first-order valence-corrected chi connectivity index (χ1v) is 19.3. The molecule has 1 aromatic rings. The molecule has 5 rings (SSSR count). The van der Waals surface area contributed by atoms with Crippen LogP contribution in [-0.4, -0.2) is 68.4 Å². The van der Waals surface area contributed by atoms with Crippen molar-refractivity contribution in [1.82, 2.24) is 20.2 Å². The number of aromatic nitrogens is 2. The minimum atomic E-state index is -0.919. The van der Waals surface area contributed by atoms with Gasteiger partial charge >= 0.3 is 0 Å². The third-order valence-corrected chi connectivity index (χ3v) is 11.8. The number of carbonyl (C=O) groups excluding carboxylic acids is 6. The Kier molecular flexibility index (Phi) is 12.4. The number of likely N-dealkylation sites (tertiary alicyclic amines) is 1. The summed E-state index contributed by atoms with van der Waals surface area (Å²) >= 11 is 0. The molecule has 4 aliphatic rings. The highest BCUT2D eigenvalue weighted by Gasteiger charge is 2.52. The molecule has 0 radical (unpaired) electrons. The number of amides is 2. The summed E-state index contributed by atoms with van der Waals surface area (Å²) in [5, 5.41) is 3.11. The quantitative estimate of drug-likeness (QED) is 0.164. The second-order valence-corrected chi connectivity index (χ2v) is 16.9. The normalized spacial score (nSPS) is 24.3. The summed E-state index contributed by atoms with van der Waals surface area (Å²) in [5.74, 6) is -2.60. The Hall–Kier alpha value is -3.30. The lowest BCUT2D eigenvalue weighted by atomic mass is 9.76. The average molecular weight is 691 g/mol. The molecule has 6 atom stereocenters. The standard InChI is InChI=1S/C40H58N4O6/c1-6-11-27(36(48)34(47)18-25-16-17-25)19-33(46)35-29-15-10-14-28(29)23-44(35)39(50)37(40(3,4)5)43-38(49)30(26-12-8-7-9-13-26)20-32(45)31-22-41-24(2)21-42-31/h21-22,25-30,35,37H,6-20,23H2,1-5H3,(H,43,49)/t27-,28-,29-,30-,35-,37+/m0/s1. The molecule has 4 fully saturated rings. The summed E-state index contributed by atoms with van der Waals surface area (Å²) in [4.78, 5) is 92.9. The van der Waals surface area contributed by atoms with Crippen molar-refractivity contribution in [2.45, 2.75) is 143 Å². The number of ketones is 4. The van der Waals surface area contributed by atoms with E-state index in [1.807, 2.05) is 27.7 Å². The van der Waals surface area contributed by atoms with E-state index in [4.69, 9.17) is 0 Å². The molecule has 1 saturated heterocycles. The molecule has 0 unspecified atom stereocenters. The third kappa shape index (κ3) is 9.13. The van der Waals surface area contributed by atoms with Gasteiger partial charge < -0.3 is 10.2 Å². The largest absolute Gasteiger partial charge is 0.344 e. The van der Waals surface area contributed by atoms with Gasteiger partial charge in [0.2, 0.25) is 17.6 Å². The van der Waals surface area contributed by atoms with Gasteiger partial charge in [0.05, 0.1) is 17.9 Å². The van der Waals surface area contributed by atoms with E-state index in [1.54, 1.807) is 18.0 Å². The van der Waals surface area contributed by atoms with Gasteiger partial charge in [-0.2, -0.15) is 0 Å². The van der Waals surface area contributed by atoms with Crippen molar-refractivity contribution in [3.63, 3.8) is 0 Å². The molecule has 1 aromatic heterocycles. The van der Waals surface area contributed by atoms with Crippen molar-refractivity contribution in [1.29, 1.82) is 0 Å². The van der Waals surface area contributed by atoms with E-state index in [0.717, 1.165) is 64.2 Å². The molecule has 50 heavy (non-hydrogen) atoms. The van der Waals surface area contributed by atoms with Crippen molar-refractivity contribution in [2.75, 3.05) is 6.54 Å². The number of fused-ring (bicyclic) bond motifs is 1. The summed E-state index contributed by atoms with van der Waals surface area (Å²) in [7, 11) is 0. The van der Waals surface area contributed by atoms with Gasteiger partial charge in [-0.3, -0.25) is 33.8 Å². The smallest absolute Gasteiger partial charge is 0.246 e. The van der Waals surface area contributed by atoms with Crippen LogP contribution in [0, 0.1) is 47.8 Å². The molecule has 1 aliphatic heterocycles. The minimum Gasteiger partial charge on any atom is -0.344 e. The molecule has 10 nitrogen and oxygen atoms in total. The Morgan fingerprint density at radius 3 is 2.24 bits per heavy atom. The number of nitrogens with one attached hydrogen (secondary N) is 1. The lowest BCUT2D eigenvalue weighted by Gasteiger charge is -2.38. The van der Waals surface area contributed by atoms with E-state index in [2.05, 4.69) is 15.3 Å². The maximum atomic E-state index is 14.7. The first-order chi connectivity index (χ1) is 23.8. The number of aryl methyl sites for hydroxylation is 1. The third-order valence-electron chi connectivity index (χ3n) is 11.8. The van der Waals surface area contributed by atoms with E-state index < -0.39 is 35.1 Å². The Labute approximate surface area is 297 Å². The van der Waals surface area contributed by atoms with Gasteiger partial charge in [-0.25, -0.2) is 4.98 Å². The maximum Gasteiger partial charge on any atom is 0.246 e. The zero-order valence-corrected chi connectivity index (χ0v) is 30.9. The zero-order valence-electron chi connectivity index (χ0n) is 30.9. The fourth-order valence-corrected chi connectivity index (χ4v) is 8.81. The predicted octanol–water partition coefficient (Wildman–Crippen LogP) is 6.03. The van der Waals surface area contributed by atoms with Gasteiger partial charge in [0.25, 0.3) is 0 Å². The zero-order chi connectivity index (χ0) is 36.2. The second kappa shape index (κ2) is 16.4. The molecule has 0 spiro atoms. The van der Waals surface area contributed by atoms with Gasteiger partial charge in [0, 0.05) is 43.8 Å². The second-order valence-electron chi connectivity index (χ2n) is 16.9. The van der Waals surface area contributed by atoms with Crippen LogP contribution in [0.2, 0.25) is 0 Å². The van der Waals surface area contributed by atoms with Gasteiger partial charge in [0.1, 0.15) is 11.7 Å². The van der Waals surface area contributed by atoms with Gasteiger partial charge in [0.15, 0.2) is 17.3 Å². The predicted molar refractivity (Wildman–Crippen MR) is 189 cm³/mol. The highest BCUT2D eigenvalue weighted by Crippen LogP contribution is 2.44. The number of carbonyl (C=O) groups is 6. The highest BCUT2D eigenvalue weighted by atomic mass is 16.2. The van der Waals surface area contributed by atoms with E-state index >= 15 is 0 Å². The summed E-state index contributed by atoms with van der Waals surface area (Å²) in [6.45, 7) is 9.92. The average Bonchev–Trinajstić information content (AvgIpc) is 3.65. The van der Waals surface area contributed by atoms with Crippen molar-refractivity contribution < 1.29 is 28.8 Å². The molecule has 1 N–H and O–H groups in total. The van der Waals surface area contributed by atoms with Crippen LogP contribution in [0.3, 0.4) is 0 Å². The van der Waals surface area contributed by atoms with Gasteiger partial charge in [-0.15, -0.1) is 0 Å². The highest BCUT2D eigenvalue weighted by molar-refractivity contribution is 6.38. The van der Waals surface area contributed by atoms with Crippen LogP contribution in [0.5, 0.6) is 0 Å². The molecule has 10 heteroatoms. The summed E-state index contributed by atoms with van der Waals surface area (Å²) in [6, 6.07) is -1.60. The Morgan fingerprint density at radius 1 is 0.900 bits per heavy atom. The Bertz CT molecular complexity index is 1420. The van der Waals surface area contributed by atoms with E-state index in [9.17, 15) is 28.8 Å². The summed E-state index contributed by atoms with van der Waals surface area (Å²) < 4.78 is 0. The van der Waals surface area contributed by atoms with Crippen LogP contribution in [0.4, 0.5) is 0 Å². The fraction of sp³-hybridized carbons (Fsp3) is 0.750. The molecule has 0 bridgehead atoms. The van der Waals surface area contributed by atoms with Crippen molar-refractivity contribution in [3.8, 4) is 0 Å². The van der Waals surface area contributed by atoms with Crippen molar-refractivity contribution in [2.24, 2.45) is 40.9 Å². The molecular formula is C40H58N4O6. The first kappa shape index (κ1) is 37.9. The lowest BCUT2D eigenvalue weighted by Crippen LogP contribution is -2.58. The van der Waals surface area contributed by atoms with Crippen LogP contribution < -0.4 is 5.32 Å². The van der Waals surface area contributed by atoms with Gasteiger partial charge in [-0.05, 0) is 81.0 Å². The van der Waals surface area contributed by atoms with Crippen LogP contribution in [0.1, 0.15) is 140 Å². The molecular weight excluding hydrogens is 632 g/mol. The molecule has 2 heterocycles. The molecule has 0 aromatic carbocycles. The summed E-state index contributed by atoms with van der Waals surface area (Å²) in [6.07, 6.45) is 13.8. The number of hydrogen-bond donors (Lipinski definition) is 1. The lowest BCUT2D eigenvalue weighted by molar-refractivity contribution is -0.146. The Balaban J connectivity index is 1.36. The van der Waals surface area contributed by atoms with Crippen LogP contribution in [0.25, 0.3) is 0 Å². The van der Waals surface area contributed by atoms with Gasteiger partial charge in [-0.1, -0.05) is 59.8 Å². The van der Waals surface area contributed by atoms with Crippen molar-refractivity contribution in [3.05, 3.63) is 23.8 Å². The molecule has 3 aliphatic carbocycles. The Morgan fingerprint density at radius 2 is 1.62 bits per heavy atom. The monoisotopic (exact) mass is 690 g/mol. The molecule has 2 amide bonds. The maximum absolute atomic E-state index is 14.7. The number of hydrogen-bond acceptors (Lipinski definition) is 8. The van der Waals surface area contributed by atoms with Crippen molar-refractivity contribution >= 4 is 34.9 Å². The van der Waals surface area contributed by atoms with Crippen LogP contribution in [-0.2, 0) is 24.0 Å². The first-order valence-electron chi connectivity index (χ1n) is 19.3. The SMILES string of the molecule is CCC[C@@H](CC(=O)[C@@H]1[C@H]2CCC[C@H]2CN1C(=O)[C@@H](NC(=O)[C@@H](CC(=O)c1cnc(C)cn1)C1CCCCC1)C(C)(C)C)C(=O)C(=O)CC1CC1. The fourth-order valence-electron chi connectivity index (χ4n) is 8.81. The van der Waals surface area contributed by atoms with E-state index in [-0.39, 0.29) is 71.9 Å². The minimum absolute atomic E-state index is 0.00513. The molecule has 3 saturated carbocycles. The number of Topliss-reactive ketones (excluding diaryl/α,β-unsaturated/α-hetero) is 4. The molecule has 274 valence electrons. The number of nitrogens with zero attached hydrogens (tertiary/aromatic N) is 3. The van der Waals surface area contributed by atoms with E-state index in [1.165, 1.54) is 6.20 Å². The number of rotatable bonds is 16. The van der Waals surface area contributed by atoms with Crippen LogP contribution in [0.15, 0.2) is 12.4 Å². The van der Waals surface area contributed by atoms with E-state index in [0.29, 0.717) is 31.0 Å².